The van der Waals surface area contributed by atoms with Gasteiger partial charge in [-0.05, 0) is 106 Å². The lowest BCUT2D eigenvalue weighted by molar-refractivity contribution is -0.157. The first-order valence-electron chi connectivity index (χ1n) is 18.6. The molecule has 46 heavy (non-hydrogen) atoms. The van der Waals surface area contributed by atoms with Gasteiger partial charge in [-0.3, -0.25) is 0 Å². The van der Waals surface area contributed by atoms with Crippen molar-refractivity contribution in [2.75, 3.05) is 0 Å². The maximum Gasteiger partial charge on any atom is 0.340 e. The van der Waals surface area contributed by atoms with Crippen LogP contribution in [0.2, 0.25) is 0 Å². The van der Waals surface area contributed by atoms with Crippen LogP contribution in [0.25, 0.3) is 0 Å². The van der Waals surface area contributed by atoms with Gasteiger partial charge in [-0.25, -0.2) is 18.4 Å². The van der Waals surface area contributed by atoms with Crippen LogP contribution in [0.4, 0.5) is 8.78 Å². The minimum Gasteiger partial charge on any atom is -0.460 e. The molecule has 2 fully saturated rings. The smallest absolute Gasteiger partial charge is 0.340 e. The SMILES string of the molecule is CCCCCCCC[C@H](F)C(=O)O[C@H]1CC[C@H](c2ccc([C@H]3CC[C@H](OC(=O)[C@@H](F)CCCCCCCC)CC3)c(C#N)c2)CC1. The second-order valence-corrected chi connectivity index (χ2v) is 13.8. The number of esters is 2. The maximum atomic E-state index is 14.4. The Morgan fingerprint density at radius 3 is 1.59 bits per heavy atom. The molecule has 2 saturated carbocycles. The Morgan fingerprint density at radius 1 is 0.696 bits per heavy atom. The van der Waals surface area contributed by atoms with Crippen LogP contribution in [0.5, 0.6) is 0 Å². The molecule has 0 radical (unpaired) electrons. The van der Waals surface area contributed by atoms with E-state index in [0.29, 0.717) is 37.7 Å². The van der Waals surface area contributed by atoms with E-state index in [1.54, 1.807) is 0 Å². The number of ether oxygens (including phenoxy) is 2. The Morgan fingerprint density at radius 2 is 1.13 bits per heavy atom. The molecule has 0 saturated heterocycles. The fourth-order valence-electron chi connectivity index (χ4n) is 7.21. The van der Waals surface area contributed by atoms with E-state index in [1.807, 2.05) is 6.07 Å². The first-order valence-corrected chi connectivity index (χ1v) is 18.6. The standard InChI is InChI=1S/C39H59F2NO4/c1-3-5-7-9-11-13-15-36(40)38(43)45-33-22-17-29(18-23-33)31-21-26-35(32(27-31)28-42)30-19-24-34(25-20-30)46-39(44)37(41)16-14-12-10-8-6-4-2/h21,26-27,29-30,33-34,36-37H,3-20,22-25H2,1-2H3/t29-,30-,33-,34-,36-,37-/m0/s1. The quantitative estimate of drug-likeness (QED) is 0.104. The summed E-state index contributed by atoms with van der Waals surface area (Å²) in [6, 6.07) is 8.60. The summed E-state index contributed by atoms with van der Waals surface area (Å²) >= 11 is 0. The molecular formula is C39H59F2NO4. The lowest BCUT2D eigenvalue weighted by Crippen LogP contribution is -2.29. The normalized spacial score (nSPS) is 22.8. The number of carbonyl (C=O) groups excluding carboxylic acids is 2. The largest absolute Gasteiger partial charge is 0.460 e. The average molecular weight is 644 g/mol. The van der Waals surface area contributed by atoms with E-state index in [-0.39, 0.29) is 36.9 Å². The highest BCUT2D eigenvalue weighted by Crippen LogP contribution is 2.39. The van der Waals surface area contributed by atoms with Crippen molar-refractivity contribution in [1.82, 2.24) is 0 Å². The lowest BCUT2D eigenvalue weighted by Gasteiger charge is -2.31. The molecule has 0 amide bonds. The third-order valence-electron chi connectivity index (χ3n) is 10.2. The van der Waals surface area contributed by atoms with Crippen LogP contribution >= 0.6 is 0 Å². The second-order valence-electron chi connectivity index (χ2n) is 13.8. The molecule has 0 N–H and O–H groups in total. The number of rotatable bonds is 20. The molecule has 2 atom stereocenters. The van der Waals surface area contributed by atoms with Gasteiger partial charge in [-0.2, -0.15) is 5.26 Å². The van der Waals surface area contributed by atoms with Crippen LogP contribution in [0.3, 0.4) is 0 Å². The molecule has 0 aromatic heterocycles. The van der Waals surface area contributed by atoms with Crippen LogP contribution in [-0.2, 0) is 19.1 Å². The monoisotopic (exact) mass is 643 g/mol. The zero-order chi connectivity index (χ0) is 33.1. The summed E-state index contributed by atoms with van der Waals surface area (Å²) in [6.07, 6.45) is 15.5. The van der Waals surface area contributed by atoms with E-state index in [1.165, 1.54) is 38.5 Å². The molecule has 5 nitrogen and oxygen atoms in total. The Kier molecular flexibility index (Phi) is 17.7. The number of nitrogens with zero attached hydrogens (tertiary/aromatic N) is 1. The van der Waals surface area contributed by atoms with Crippen molar-refractivity contribution in [2.24, 2.45) is 0 Å². The molecule has 1 aromatic rings. The van der Waals surface area contributed by atoms with E-state index in [9.17, 15) is 23.6 Å². The molecule has 0 heterocycles. The number of unbranched alkanes of at least 4 members (excludes halogenated alkanes) is 10. The zero-order valence-electron chi connectivity index (χ0n) is 28.6. The minimum atomic E-state index is -1.54. The van der Waals surface area contributed by atoms with Crippen molar-refractivity contribution in [1.29, 1.82) is 5.26 Å². The van der Waals surface area contributed by atoms with E-state index >= 15 is 0 Å². The van der Waals surface area contributed by atoms with E-state index in [0.717, 1.165) is 68.9 Å². The molecule has 7 heteroatoms. The van der Waals surface area contributed by atoms with Crippen molar-refractivity contribution >= 4 is 11.9 Å². The number of carbonyl (C=O) groups is 2. The first kappa shape index (κ1) is 38.0. The van der Waals surface area contributed by atoms with Crippen LogP contribution in [0.1, 0.15) is 184 Å². The van der Waals surface area contributed by atoms with Crippen LogP contribution in [-0.4, -0.2) is 36.5 Å². The molecular weight excluding hydrogens is 584 g/mol. The molecule has 0 aliphatic heterocycles. The van der Waals surface area contributed by atoms with E-state index in [4.69, 9.17) is 9.47 Å². The van der Waals surface area contributed by atoms with Crippen molar-refractivity contribution in [2.45, 2.75) is 191 Å². The Hall–Kier alpha value is -2.49. The molecule has 0 spiro atoms. The van der Waals surface area contributed by atoms with Gasteiger partial charge in [-0.15, -0.1) is 0 Å². The van der Waals surface area contributed by atoms with Crippen molar-refractivity contribution < 1.29 is 27.8 Å². The maximum absolute atomic E-state index is 14.4. The van der Waals surface area contributed by atoms with Gasteiger partial charge in [0.1, 0.15) is 12.2 Å². The van der Waals surface area contributed by atoms with Crippen molar-refractivity contribution in [3.05, 3.63) is 34.9 Å². The summed E-state index contributed by atoms with van der Waals surface area (Å²) in [4.78, 5) is 24.6. The minimum absolute atomic E-state index is 0.211. The predicted octanol–water partition coefficient (Wildman–Crippen LogP) is 10.9. The van der Waals surface area contributed by atoms with Crippen LogP contribution < -0.4 is 0 Å². The first-order chi connectivity index (χ1) is 22.4. The van der Waals surface area contributed by atoms with Gasteiger partial charge in [0.05, 0.1) is 11.6 Å². The zero-order valence-corrected chi connectivity index (χ0v) is 28.6. The van der Waals surface area contributed by atoms with Crippen LogP contribution in [0.15, 0.2) is 18.2 Å². The highest BCUT2D eigenvalue weighted by atomic mass is 19.1. The molecule has 258 valence electrons. The van der Waals surface area contributed by atoms with Gasteiger partial charge in [-0.1, -0.05) is 90.2 Å². The second kappa shape index (κ2) is 21.4. The van der Waals surface area contributed by atoms with Crippen molar-refractivity contribution in [3.8, 4) is 6.07 Å². The van der Waals surface area contributed by atoms with E-state index < -0.39 is 24.3 Å². The molecule has 2 aliphatic carbocycles. The summed E-state index contributed by atoms with van der Waals surface area (Å²) in [7, 11) is 0. The van der Waals surface area contributed by atoms with E-state index in [2.05, 4.69) is 32.0 Å². The molecule has 1 aromatic carbocycles. The highest BCUT2D eigenvalue weighted by molar-refractivity contribution is 5.75. The summed E-state index contributed by atoms with van der Waals surface area (Å²) in [6.45, 7) is 4.33. The Bertz CT molecular complexity index is 1070. The third-order valence-corrected chi connectivity index (χ3v) is 10.2. The third kappa shape index (κ3) is 13.0. The van der Waals surface area contributed by atoms with Gasteiger partial charge < -0.3 is 9.47 Å². The number of hydrogen-bond donors (Lipinski definition) is 0. The molecule has 3 rings (SSSR count). The van der Waals surface area contributed by atoms with Crippen LogP contribution in [0, 0.1) is 11.3 Å². The molecule has 0 unspecified atom stereocenters. The predicted molar refractivity (Wildman–Crippen MR) is 179 cm³/mol. The Balaban J connectivity index is 1.38. The van der Waals surface area contributed by atoms with Gasteiger partial charge in [0, 0.05) is 0 Å². The molecule has 0 bridgehead atoms. The van der Waals surface area contributed by atoms with Gasteiger partial charge in [0.2, 0.25) is 0 Å². The summed E-state index contributed by atoms with van der Waals surface area (Å²) in [5.41, 5.74) is 2.84. The molecule has 2 aliphatic rings. The summed E-state index contributed by atoms with van der Waals surface area (Å²) < 4.78 is 39.9. The lowest BCUT2D eigenvalue weighted by atomic mass is 9.78. The number of halogens is 2. The van der Waals surface area contributed by atoms with Crippen molar-refractivity contribution in [3.63, 3.8) is 0 Å². The summed E-state index contributed by atoms with van der Waals surface area (Å²) in [5.74, 6) is -0.944. The fraction of sp³-hybridized carbons (Fsp3) is 0.769. The fourth-order valence-corrected chi connectivity index (χ4v) is 7.21. The van der Waals surface area contributed by atoms with Gasteiger partial charge in [0.25, 0.3) is 0 Å². The average Bonchev–Trinajstić information content (AvgIpc) is 3.08. The topological polar surface area (TPSA) is 76.4 Å². The Labute approximate surface area is 277 Å². The van der Waals surface area contributed by atoms with Gasteiger partial charge >= 0.3 is 11.9 Å². The number of hydrogen-bond acceptors (Lipinski definition) is 5. The number of alkyl halides is 2. The highest BCUT2D eigenvalue weighted by Gasteiger charge is 2.31. The summed E-state index contributed by atoms with van der Waals surface area (Å²) in [5, 5.41) is 9.99. The number of nitriles is 1. The number of benzene rings is 1. The van der Waals surface area contributed by atoms with Gasteiger partial charge in [0.15, 0.2) is 12.3 Å².